The number of piperidine rings is 1. The minimum absolute atomic E-state index is 0.0412. The van der Waals surface area contributed by atoms with Crippen LogP contribution in [-0.2, 0) is 25.8 Å². The zero-order valence-corrected chi connectivity index (χ0v) is 22.5. The van der Waals surface area contributed by atoms with Crippen LogP contribution in [0.2, 0.25) is 0 Å². The Morgan fingerprint density at radius 1 is 1.00 bits per heavy atom. The van der Waals surface area contributed by atoms with Crippen LogP contribution in [-0.4, -0.2) is 79.1 Å². The van der Waals surface area contributed by atoms with Gasteiger partial charge in [0.15, 0.2) is 17.5 Å². The summed E-state index contributed by atoms with van der Waals surface area (Å²) in [7, 11) is -4.19. The van der Waals surface area contributed by atoms with Gasteiger partial charge in [0.05, 0.1) is 10.5 Å². The molecule has 1 aromatic heterocycles. The van der Waals surface area contributed by atoms with Gasteiger partial charge >= 0.3 is 6.18 Å². The molecule has 2 saturated heterocycles. The van der Waals surface area contributed by atoms with E-state index in [2.05, 4.69) is 10.1 Å². The van der Waals surface area contributed by atoms with Gasteiger partial charge in [0, 0.05) is 64.1 Å². The molecular formula is C25H25F6N5O4S. The number of rotatable bonds is 4. The fourth-order valence-corrected chi connectivity index (χ4v) is 6.63. The number of halogens is 6. The van der Waals surface area contributed by atoms with E-state index in [9.17, 15) is 39.6 Å². The second-order valence-corrected chi connectivity index (χ2v) is 12.1. The van der Waals surface area contributed by atoms with E-state index in [1.807, 2.05) is 0 Å². The zero-order chi connectivity index (χ0) is 29.7. The van der Waals surface area contributed by atoms with Crippen molar-refractivity contribution in [2.24, 2.45) is 5.16 Å². The largest absolute Gasteiger partial charge is 0.416 e. The fraction of sp³-hybridized carbons (Fsp3) is 0.480. The van der Waals surface area contributed by atoms with Gasteiger partial charge in [-0.15, -0.1) is 0 Å². The van der Waals surface area contributed by atoms with Gasteiger partial charge in [-0.25, -0.2) is 17.2 Å². The van der Waals surface area contributed by atoms with Crippen molar-refractivity contribution in [2.75, 3.05) is 44.2 Å². The Morgan fingerprint density at radius 2 is 1.66 bits per heavy atom. The van der Waals surface area contributed by atoms with Crippen LogP contribution in [0.1, 0.15) is 30.4 Å². The molecule has 0 N–H and O–H groups in total. The van der Waals surface area contributed by atoms with Crippen molar-refractivity contribution in [1.29, 1.82) is 0 Å². The maximum Gasteiger partial charge on any atom is 0.416 e. The average molecular weight is 606 g/mol. The van der Waals surface area contributed by atoms with Gasteiger partial charge < -0.3 is 14.6 Å². The highest BCUT2D eigenvalue weighted by Crippen LogP contribution is 2.37. The molecule has 0 aliphatic carbocycles. The number of hydrogen-bond acceptors (Lipinski definition) is 7. The molecule has 0 bridgehead atoms. The maximum absolute atomic E-state index is 14.5. The van der Waals surface area contributed by atoms with E-state index in [1.54, 1.807) is 0 Å². The van der Waals surface area contributed by atoms with Crippen molar-refractivity contribution in [3.8, 4) is 0 Å². The minimum atomic E-state index is -4.69. The number of aromatic nitrogens is 1. The van der Waals surface area contributed by atoms with Crippen LogP contribution < -0.4 is 4.90 Å². The quantitative estimate of drug-likeness (QED) is 0.392. The molecule has 16 heteroatoms. The first-order valence-electron chi connectivity index (χ1n) is 12.7. The van der Waals surface area contributed by atoms with Crippen LogP contribution in [0.4, 0.5) is 32.2 Å². The number of piperazine rings is 1. The highest BCUT2D eigenvalue weighted by molar-refractivity contribution is 7.89. The Bertz CT molecular complexity index is 1500. The van der Waals surface area contributed by atoms with E-state index in [-0.39, 0.29) is 70.1 Å². The SMILES string of the molecule is Cc1c(F)c(F)nc(N2CCN(C(=O)C3=NOC4(CCN(S(=O)(=O)c5cccc(C(F)(F)F)c5)CC4)C3)CC2)c1F. The number of carbonyl (C=O) groups is 1. The van der Waals surface area contributed by atoms with Crippen molar-refractivity contribution >= 4 is 27.5 Å². The third-order valence-electron chi connectivity index (χ3n) is 7.63. The first-order valence-corrected chi connectivity index (χ1v) is 14.1. The Kier molecular flexibility index (Phi) is 7.42. The number of oxime groups is 1. The van der Waals surface area contributed by atoms with Crippen molar-refractivity contribution in [1.82, 2.24) is 14.2 Å². The lowest BCUT2D eigenvalue weighted by atomic mass is 9.87. The highest BCUT2D eigenvalue weighted by Gasteiger charge is 2.47. The van der Waals surface area contributed by atoms with Crippen molar-refractivity contribution in [2.45, 2.75) is 42.9 Å². The molecule has 3 aliphatic rings. The van der Waals surface area contributed by atoms with Gasteiger partial charge in [0.1, 0.15) is 11.3 Å². The molecule has 1 spiro atoms. The first-order chi connectivity index (χ1) is 19.2. The van der Waals surface area contributed by atoms with Crippen LogP contribution in [0.3, 0.4) is 0 Å². The number of anilines is 1. The summed E-state index contributed by atoms with van der Waals surface area (Å²) < 4.78 is 108. The monoisotopic (exact) mass is 605 g/mol. The van der Waals surface area contributed by atoms with E-state index in [1.165, 1.54) is 9.80 Å². The molecule has 2 fully saturated rings. The van der Waals surface area contributed by atoms with Crippen molar-refractivity contribution in [3.05, 3.63) is 53.0 Å². The summed E-state index contributed by atoms with van der Waals surface area (Å²) in [4.78, 5) is 24.5. The van der Waals surface area contributed by atoms with Gasteiger partial charge in [-0.1, -0.05) is 11.2 Å². The molecule has 0 radical (unpaired) electrons. The van der Waals surface area contributed by atoms with E-state index >= 15 is 0 Å². The summed E-state index contributed by atoms with van der Waals surface area (Å²) in [6.45, 7) is 1.52. The van der Waals surface area contributed by atoms with E-state index in [0.717, 1.165) is 29.4 Å². The number of carbonyl (C=O) groups excluding carboxylic acids is 1. The number of alkyl halides is 3. The van der Waals surface area contributed by atoms with Crippen molar-refractivity contribution in [3.63, 3.8) is 0 Å². The van der Waals surface area contributed by atoms with Crippen molar-refractivity contribution < 1.29 is 44.4 Å². The molecule has 0 atom stereocenters. The Balaban J connectivity index is 1.17. The Morgan fingerprint density at radius 3 is 2.29 bits per heavy atom. The number of hydrogen-bond donors (Lipinski definition) is 0. The van der Waals surface area contributed by atoms with Gasteiger partial charge in [-0.2, -0.15) is 26.9 Å². The van der Waals surface area contributed by atoms with Crippen LogP contribution in [0.5, 0.6) is 0 Å². The van der Waals surface area contributed by atoms with Crippen LogP contribution >= 0.6 is 0 Å². The molecule has 4 heterocycles. The third kappa shape index (κ3) is 5.46. The normalized spacial score (nSPS) is 19.8. The Hall–Kier alpha value is -3.40. The maximum atomic E-state index is 14.5. The smallest absolute Gasteiger partial charge is 0.388 e. The van der Waals surface area contributed by atoms with Gasteiger partial charge in [-0.05, 0) is 25.1 Å². The lowest BCUT2D eigenvalue weighted by Crippen LogP contribution is -2.52. The molecule has 1 aromatic carbocycles. The summed E-state index contributed by atoms with van der Waals surface area (Å²) in [6.07, 6.45) is -4.24. The fourth-order valence-electron chi connectivity index (χ4n) is 5.14. The summed E-state index contributed by atoms with van der Waals surface area (Å²) >= 11 is 0. The third-order valence-corrected chi connectivity index (χ3v) is 9.52. The number of sulfonamides is 1. The molecule has 1 amide bonds. The second-order valence-electron chi connectivity index (χ2n) is 10.2. The van der Waals surface area contributed by atoms with Gasteiger partial charge in [0.2, 0.25) is 10.0 Å². The second kappa shape index (κ2) is 10.5. The molecule has 222 valence electrons. The molecule has 3 aliphatic heterocycles. The first kappa shape index (κ1) is 29.1. The summed E-state index contributed by atoms with van der Waals surface area (Å²) in [5.74, 6) is -4.49. The molecule has 0 unspecified atom stereocenters. The summed E-state index contributed by atoms with van der Waals surface area (Å²) in [6, 6.07) is 3.55. The highest BCUT2D eigenvalue weighted by atomic mass is 32.2. The lowest BCUT2D eigenvalue weighted by molar-refractivity contribution is -0.137. The molecular weight excluding hydrogens is 580 g/mol. The summed E-state index contributed by atoms with van der Waals surface area (Å²) in [5.41, 5.74) is -2.35. The molecule has 2 aromatic rings. The predicted octanol–water partition coefficient (Wildman–Crippen LogP) is 3.47. The number of nitrogens with zero attached hydrogens (tertiary/aromatic N) is 5. The zero-order valence-electron chi connectivity index (χ0n) is 21.7. The van der Waals surface area contributed by atoms with Gasteiger partial charge in [0.25, 0.3) is 11.9 Å². The standard InChI is InChI=1S/C25H25F6N5O4S/c1-15-19(26)21(28)32-22(20(15)27)34-9-11-35(12-10-34)23(37)18-14-24(40-33-18)5-7-36(8-6-24)41(38,39)17-4-2-3-16(13-17)25(29,30)31/h2-4,13H,5-12,14H2,1H3. The minimum Gasteiger partial charge on any atom is -0.388 e. The molecule has 9 nitrogen and oxygen atoms in total. The molecule has 41 heavy (non-hydrogen) atoms. The predicted molar refractivity (Wildman–Crippen MR) is 133 cm³/mol. The van der Waals surface area contributed by atoms with E-state index in [4.69, 9.17) is 4.84 Å². The molecule has 5 rings (SSSR count). The van der Waals surface area contributed by atoms with E-state index in [0.29, 0.717) is 6.07 Å². The summed E-state index contributed by atoms with van der Waals surface area (Å²) in [5, 5.41) is 3.95. The lowest BCUT2D eigenvalue weighted by Gasteiger charge is -2.37. The van der Waals surface area contributed by atoms with Gasteiger partial charge in [-0.3, -0.25) is 4.79 Å². The number of pyridine rings is 1. The van der Waals surface area contributed by atoms with Crippen LogP contribution in [0, 0.1) is 24.5 Å². The topological polar surface area (TPSA) is 95.4 Å². The molecule has 0 saturated carbocycles. The number of amides is 1. The average Bonchev–Trinajstić information content (AvgIpc) is 3.36. The Labute approximate surface area is 231 Å². The van der Waals surface area contributed by atoms with Crippen LogP contribution in [0.15, 0.2) is 34.3 Å². The number of benzene rings is 1. The van der Waals surface area contributed by atoms with E-state index < -0.39 is 61.3 Å². The van der Waals surface area contributed by atoms with Crippen LogP contribution in [0.25, 0.3) is 0 Å².